The van der Waals surface area contributed by atoms with Gasteiger partial charge in [0.2, 0.25) is 0 Å². The zero-order valence-corrected chi connectivity index (χ0v) is 13.5. The number of benzene rings is 1. The molecule has 1 aromatic carbocycles. The summed E-state index contributed by atoms with van der Waals surface area (Å²) in [5.41, 5.74) is 0.289. The van der Waals surface area contributed by atoms with Crippen LogP contribution in [-0.2, 0) is 14.4 Å². The second-order valence-corrected chi connectivity index (χ2v) is 6.34. The quantitative estimate of drug-likeness (QED) is 0.775. The maximum Gasteiger partial charge on any atom is 0.252 e. The van der Waals surface area contributed by atoms with Gasteiger partial charge in [-0.25, -0.2) is 18.2 Å². The average Bonchev–Trinajstić information content (AvgIpc) is 3.03. The molecule has 2 aliphatic rings. The molecule has 8 heteroatoms. The van der Waals surface area contributed by atoms with Crippen LogP contribution in [0.1, 0.15) is 24.4 Å². The molecule has 1 amide bonds. The van der Waals surface area contributed by atoms with Crippen LogP contribution in [0.15, 0.2) is 18.2 Å². The van der Waals surface area contributed by atoms with Crippen molar-refractivity contribution in [2.75, 3.05) is 26.2 Å². The van der Waals surface area contributed by atoms with Gasteiger partial charge >= 0.3 is 0 Å². The highest BCUT2D eigenvalue weighted by Gasteiger charge is 2.41. The smallest absolute Gasteiger partial charge is 0.252 e. The van der Waals surface area contributed by atoms with E-state index in [0.29, 0.717) is 19.3 Å². The van der Waals surface area contributed by atoms with Gasteiger partial charge in [-0.3, -0.25) is 14.5 Å². The van der Waals surface area contributed by atoms with Crippen LogP contribution in [0.25, 0.3) is 0 Å². The molecule has 0 unspecified atom stereocenters. The van der Waals surface area contributed by atoms with E-state index in [0.717, 1.165) is 23.3 Å². The summed E-state index contributed by atoms with van der Waals surface area (Å²) in [6.45, 7) is 0.785. The first-order valence-electron chi connectivity index (χ1n) is 8.21. The zero-order chi connectivity index (χ0) is 18.0. The van der Waals surface area contributed by atoms with Gasteiger partial charge < -0.3 is 4.79 Å². The number of hydrogen-bond acceptors (Lipinski definition) is 4. The lowest BCUT2D eigenvalue weighted by molar-refractivity contribution is -0.185. The third-order valence-corrected chi connectivity index (χ3v) is 4.67. The van der Waals surface area contributed by atoms with E-state index in [9.17, 15) is 22.8 Å². The van der Waals surface area contributed by atoms with Gasteiger partial charge in [0.25, 0.3) is 5.91 Å². The third kappa shape index (κ3) is 3.85. The van der Waals surface area contributed by atoms with Crippen LogP contribution in [0.2, 0.25) is 0 Å². The number of likely N-dealkylation sites (tertiary alicyclic amines) is 1. The molecule has 0 bridgehead atoms. The molecule has 2 fully saturated rings. The number of carbonyl (C=O) groups is 2. The molecule has 136 valence electrons. The maximum absolute atomic E-state index is 14.4. The molecule has 0 saturated carbocycles. The molecule has 1 aromatic rings. The molecule has 3 rings (SSSR count). The Balaban J connectivity index is 1.74. The third-order valence-electron chi connectivity index (χ3n) is 4.67. The van der Waals surface area contributed by atoms with Crippen molar-refractivity contribution in [1.29, 1.82) is 0 Å². The normalized spacial score (nSPS) is 27.5. The van der Waals surface area contributed by atoms with E-state index in [-0.39, 0.29) is 31.7 Å². The number of nitrogens with zero attached hydrogens (tertiary/aromatic N) is 2. The summed E-state index contributed by atoms with van der Waals surface area (Å²) in [5.74, 6) is -2.88. The molecule has 2 saturated heterocycles. The molecule has 2 heterocycles. The Labute approximate surface area is 143 Å². The van der Waals surface area contributed by atoms with Crippen molar-refractivity contribution >= 4 is 12.2 Å². The number of amides is 1. The highest BCUT2D eigenvalue weighted by molar-refractivity contribution is 5.79. The average molecular weight is 356 g/mol. The van der Waals surface area contributed by atoms with Crippen LogP contribution in [0.4, 0.5) is 13.2 Å². The Morgan fingerprint density at radius 2 is 1.96 bits per heavy atom. The minimum Gasteiger partial charge on any atom is -0.302 e. The van der Waals surface area contributed by atoms with Crippen molar-refractivity contribution in [3.8, 4) is 0 Å². The van der Waals surface area contributed by atoms with Crippen LogP contribution in [0, 0.1) is 17.6 Å². The number of rotatable bonds is 4. The van der Waals surface area contributed by atoms with Crippen molar-refractivity contribution in [1.82, 2.24) is 9.96 Å². The molecule has 0 spiro atoms. The van der Waals surface area contributed by atoms with Gasteiger partial charge in [-0.05, 0) is 30.7 Å². The molecule has 25 heavy (non-hydrogen) atoms. The Morgan fingerprint density at radius 1 is 1.24 bits per heavy atom. The lowest BCUT2D eigenvalue weighted by Gasteiger charge is -2.35. The summed E-state index contributed by atoms with van der Waals surface area (Å²) >= 11 is 0. The van der Waals surface area contributed by atoms with E-state index < -0.39 is 35.7 Å². The van der Waals surface area contributed by atoms with Crippen molar-refractivity contribution in [2.24, 2.45) is 5.92 Å². The van der Waals surface area contributed by atoms with Gasteiger partial charge in [-0.2, -0.15) is 0 Å². The number of piperidine rings is 1. The Kier molecular flexibility index (Phi) is 5.39. The van der Waals surface area contributed by atoms with Crippen molar-refractivity contribution in [3.63, 3.8) is 0 Å². The van der Waals surface area contributed by atoms with E-state index in [1.165, 1.54) is 0 Å². The van der Waals surface area contributed by atoms with E-state index in [1.807, 2.05) is 0 Å². The Morgan fingerprint density at radius 3 is 2.60 bits per heavy atom. The van der Waals surface area contributed by atoms with E-state index in [2.05, 4.69) is 0 Å². The van der Waals surface area contributed by atoms with E-state index in [4.69, 9.17) is 4.84 Å². The number of aldehydes is 1. The first-order chi connectivity index (χ1) is 12.0. The number of hydrogen-bond donors (Lipinski definition) is 0. The minimum absolute atomic E-state index is 0.00223. The number of alkyl halides is 1. The fraction of sp³-hybridized carbons (Fsp3) is 0.529. The monoisotopic (exact) mass is 356 g/mol. The summed E-state index contributed by atoms with van der Waals surface area (Å²) in [6.07, 6.45) is -0.0733. The van der Waals surface area contributed by atoms with Gasteiger partial charge in [0.1, 0.15) is 24.1 Å². The highest BCUT2D eigenvalue weighted by Crippen LogP contribution is 2.34. The van der Waals surface area contributed by atoms with Crippen molar-refractivity contribution in [2.45, 2.75) is 25.1 Å². The SMILES string of the molecule is O=CCN1CC[C@H](C(=O)N2OCC[C@@H]2c2cc(F)cc(F)c2)[C@H](F)C1. The molecule has 3 atom stereocenters. The molecule has 0 N–H and O–H groups in total. The highest BCUT2D eigenvalue weighted by atomic mass is 19.1. The van der Waals surface area contributed by atoms with E-state index in [1.54, 1.807) is 4.90 Å². The lowest BCUT2D eigenvalue weighted by Crippen LogP contribution is -2.48. The molecule has 0 radical (unpaired) electrons. The summed E-state index contributed by atoms with van der Waals surface area (Å²) in [5, 5.41) is 1.06. The van der Waals surface area contributed by atoms with Crippen LogP contribution >= 0.6 is 0 Å². The molecular weight excluding hydrogens is 337 g/mol. The van der Waals surface area contributed by atoms with Gasteiger partial charge in [-0.1, -0.05) is 0 Å². The minimum atomic E-state index is -1.42. The topological polar surface area (TPSA) is 49.9 Å². The van der Waals surface area contributed by atoms with Crippen LogP contribution < -0.4 is 0 Å². The zero-order valence-electron chi connectivity index (χ0n) is 13.5. The fourth-order valence-electron chi connectivity index (χ4n) is 3.44. The molecule has 0 aromatic heterocycles. The van der Waals surface area contributed by atoms with Gasteiger partial charge in [0.05, 0.1) is 25.1 Å². The predicted octanol–water partition coefficient (Wildman–Crippen LogP) is 2.03. The number of halogens is 3. The Bertz CT molecular complexity index is 638. The van der Waals surface area contributed by atoms with Crippen molar-refractivity contribution in [3.05, 3.63) is 35.4 Å². The molecule has 0 aliphatic carbocycles. The van der Waals surface area contributed by atoms with Gasteiger partial charge in [0, 0.05) is 19.0 Å². The lowest BCUT2D eigenvalue weighted by atomic mass is 9.93. The summed E-state index contributed by atoms with van der Waals surface area (Å²) in [6, 6.07) is 2.43. The number of hydroxylamine groups is 2. The predicted molar refractivity (Wildman–Crippen MR) is 82.0 cm³/mol. The molecule has 2 aliphatic heterocycles. The van der Waals surface area contributed by atoms with E-state index >= 15 is 0 Å². The van der Waals surface area contributed by atoms with Crippen LogP contribution in [-0.4, -0.2) is 54.6 Å². The van der Waals surface area contributed by atoms with Gasteiger partial charge in [-0.15, -0.1) is 0 Å². The molecular formula is C17H19F3N2O3. The van der Waals surface area contributed by atoms with Crippen molar-refractivity contribution < 1.29 is 27.6 Å². The number of carbonyl (C=O) groups excluding carboxylic acids is 2. The standard InChI is InChI=1S/C17H19F3N2O3/c18-12-7-11(8-13(19)9-12)16-2-6-25-22(16)17(24)14-1-3-21(4-5-23)10-15(14)20/h5,7-9,14-16H,1-4,6,10H2/t14-,15+,16+/m0/s1. The first-order valence-corrected chi connectivity index (χ1v) is 8.21. The second-order valence-electron chi connectivity index (χ2n) is 6.34. The first kappa shape index (κ1) is 17.9. The van der Waals surface area contributed by atoms with Gasteiger partial charge in [0.15, 0.2) is 0 Å². The Hall–Kier alpha value is -1.93. The van der Waals surface area contributed by atoms with Crippen LogP contribution in [0.3, 0.4) is 0 Å². The molecule has 5 nitrogen and oxygen atoms in total. The second kappa shape index (κ2) is 7.53. The van der Waals surface area contributed by atoms with Crippen LogP contribution in [0.5, 0.6) is 0 Å². The summed E-state index contributed by atoms with van der Waals surface area (Å²) in [7, 11) is 0. The fourth-order valence-corrected chi connectivity index (χ4v) is 3.44. The maximum atomic E-state index is 14.4. The summed E-state index contributed by atoms with van der Waals surface area (Å²) in [4.78, 5) is 30.2. The summed E-state index contributed by atoms with van der Waals surface area (Å²) < 4.78 is 41.3. The largest absolute Gasteiger partial charge is 0.302 e.